The molecule has 6 heteroatoms. The highest BCUT2D eigenvalue weighted by molar-refractivity contribution is 6.03. The zero-order chi connectivity index (χ0) is 15.4. The second-order valence-corrected chi connectivity index (χ2v) is 5.27. The number of para-hydroxylation sites is 2. The van der Waals surface area contributed by atoms with Gasteiger partial charge in [-0.05, 0) is 31.5 Å². The summed E-state index contributed by atoms with van der Waals surface area (Å²) in [6.07, 6.45) is 3.53. The van der Waals surface area contributed by atoms with Crippen LogP contribution in [0.15, 0.2) is 34.9 Å². The van der Waals surface area contributed by atoms with E-state index in [1.54, 1.807) is 19.2 Å². The number of oxazole rings is 1. The molecule has 6 nitrogen and oxygen atoms in total. The van der Waals surface area contributed by atoms with Crippen LogP contribution in [0, 0.1) is 0 Å². The molecule has 1 aromatic carbocycles. The Labute approximate surface area is 128 Å². The van der Waals surface area contributed by atoms with Crippen molar-refractivity contribution in [2.75, 3.05) is 25.5 Å². The average Bonchev–Trinajstić information content (AvgIpc) is 3.06. The molecule has 22 heavy (non-hydrogen) atoms. The van der Waals surface area contributed by atoms with E-state index in [1.807, 2.05) is 12.1 Å². The lowest BCUT2D eigenvalue weighted by Crippen LogP contribution is -2.28. The number of nitrogens with one attached hydrogen (secondary N) is 2. The Balaban J connectivity index is 1.71. The van der Waals surface area contributed by atoms with Crippen molar-refractivity contribution in [2.24, 2.45) is 0 Å². The first-order chi connectivity index (χ1) is 10.8. The highest BCUT2D eigenvalue weighted by atomic mass is 16.5. The number of anilines is 1. The molecule has 1 aliphatic rings. The van der Waals surface area contributed by atoms with Crippen LogP contribution in [-0.2, 0) is 0 Å². The maximum atomic E-state index is 12.3. The van der Waals surface area contributed by atoms with E-state index in [9.17, 15) is 4.79 Å². The summed E-state index contributed by atoms with van der Waals surface area (Å²) >= 11 is 0. The Bertz CT molecular complexity index is 648. The fourth-order valence-corrected chi connectivity index (χ4v) is 2.58. The van der Waals surface area contributed by atoms with Crippen LogP contribution in [0.3, 0.4) is 0 Å². The van der Waals surface area contributed by atoms with Gasteiger partial charge >= 0.3 is 0 Å². The molecule has 2 heterocycles. The van der Waals surface area contributed by atoms with E-state index < -0.39 is 0 Å². The van der Waals surface area contributed by atoms with Gasteiger partial charge in [-0.25, -0.2) is 4.98 Å². The van der Waals surface area contributed by atoms with E-state index >= 15 is 0 Å². The minimum Gasteiger partial charge on any atom is -0.495 e. The molecule has 3 rings (SSSR count). The van der Waals surface area contributed by atoms with Crippen molar-refractivity contribution < 1.29 is 13.9 Å². The number of amides is 1. The molecule has 1 atom stereocenters. The van der Waals surface area contributed by atoms with Gasteiger partial charge in [-0.15, -0.1) is 0 Å². The van der Waals surface area contributed by atoms with Crippen LogP contribution in [0.5, 0.6) is 5.75 Å². The second kappa shape index (κ2) is 6.62. The van der Waals surface area contributed by atoms with Crippen LogP contribution < -0.4 is 15.4 Å². The van der Waals surface area contributed by atoms with Crippen LogP contribution in [0.25, 0.3) is 0 Å². The molecule has 2 aromatic rings. The first-order valence-electron chi connectivity index (χ1n) is 7.38. The molecule has 1 fully saturated rings. The Morgan fingerprint density at radius 1 is 1.45 bits per heavy atom. The number of hydrogen-bond donors (Lipinski definition) is 2. The quantitative estimate of drug-likeness (QED) is 0.907. The summed E-state index contributed by atoms with van der Waals surface area (Å²) in [5, 5.41) is 6.10. The van der Waals surface area contributed by atoms with Gasteiger partial charge in [0.1, 0.15) is 12.0 Å². The highest BCUT2D eigenvalue weighted by Gasteiger charge is 2.22. The third-order valence-electron chi connectivity index (χ3n) is 3.76. The average molecular weight is 301 g/mol. The molecule has 2 N–H and O–H groups in total. The van der Waals surface area contributed by atoms with Crippen LogP contribution in [0.4, 0.5) is 5.69 Å². The maximum Gasteiger partial charge on any atom is 0.277 e. The molecule has 1 aromatic heterocycles. The van der Waals surface area contributed by atoms with Gasteiger partial charge in [0.15, 0.2) is 11.6 Å². The molecule has 0 saturated carbocycles. The van der Waals surface area contributed by atoms with E-state index in [0.29, 0.717) is 17.3 Å². The zero-order valence-electron chi connectivity index (χ0n) is 12.5. The lowest BCUT2D eigenvalue weighted by molar-refractivity contribution is 0.102. The smallest absolute Gasteiger partial charge is 0.277 e. The number of hydrogen-bond acceptors (Lipinski definition) is 5. The summed E-state index contributed by atoms with van der Waals surface area (Å²) in [4.78, 5) is 16.6. The van der Waals surface area contributed by atoms with Gasteiger partial charge in [-0.1, -0.05) is 12.1 Å². The molecule has 0 spiro atoms. The van der Waals surface area contributed by atoms with Crippen LogP contribution >= 0.6 is 0 Å². The number of benzene rings is 1. The number of rotatable bonds is 4. The van der Waals surface area contributed by atoms with E-state index in [2.05, 4.69) is 15.6 Å². The fraction of sp³-hybridized carbons (Fsp3) is 0.375. The molecule has 0 aliphatic carbocycles. The Morgan fingerprint density at radius 3 is 3.09 bits per heavy atom. The molecule has 0 radical (unpaired) electrons. The topological polar surface area (TPSA) is 76.4 Å². The zero-order valence-corrected chi connectivity index (χ0v) is 12.5. The maximum absolute atomic E-state index is 12.3. The molecule has 116 valence electrons. The Hall–Kier alpha value is -2.34. The minimum absolute atomic E-state index is 0.238. The molecule has 0 bridgehead atoms. The number of aromatic nitrogens is 1. The number of carbonyl (C=O) groups is 1. The normalized spacial score (nSPS) is 18.0. The molecular formula is C16H19N3O3. The van der Waals surface area contributed by atoms with Gasteiger partial charge in [0.05, 0.1) is 12.8 Å². The molecule has 1 saturated heterocycles. The summed E-state index contributed by atoms with van der Waals surface area (Å²) in [6.45, 7) is 1.87. The first-order valence-corrected chi connectivity index (χ1v) is 7.38. The van der Waals surface area contributed by atoms with Gasteiger partial charge in [0, 0.05) is 12.5 Å². The Morgan fingerprint density at radius 2 is 2.32 bits per heavy atom. The monoisotopic (exact) mass is 301 g/mol. The fourth-order valence-electron chi connectivity index (χ4n) is 2.58. The van der Waals surface area contributed by atoms with Gasteiger partial charge in [0.25, 0.3) is 5.91 Å². The van der Waals surface area contributed by atoms with Crippen molar-refractivity contribution in [3.63, 3.8) is 0 Å². The van der Waals surface area contributed by atoms with Gasteiger partial charge in [0.2, 0.25) is 0 Å². The van der Waals surface area contributed by atoms with Crippen molar-refractivity contribution in [1.29, 1.82) is 0 Å². The summed E-state index contributed by atoms with van der Waals surface area (Å²) in [5.74, 6) is 1.17. The third-order valence-corrected chi connectivity index (χ3v) is 3.76. The van der Waals surface area contributed by atoms with Gasteiger partial charge < -0.3 is 19.8 Å². The standard InChI is InChI=1S/C16H19N3O3/c1-21-14-7-3-2-6-12(14)18-15(20)13-10-22-16(19-13)11-5-4-8-17-9-11/h2-3,6-7,10-11,17H,4-5,8-9H2,1H3,(H,18,20). The molecule has 1 amide bonds. The number of ether oxygens (including phenoxy) is 1. The SMILES string of the molecule is COc1ccccc1NC(=O)c1coc(C2CCCNC2)n1. The predicted molar refractivity (Wildman–Crippen MR) is 82.3 cm³/mol. The largest absolute Gasteiger partial charge is 0.495 e. The minimum atomic E-state index is -0.303. The van der Waals surface area contributed by atoms with Crippen molar-refractivity contribution in [3.05, 3.63) is 42.1 Å². The predicted octanol–water partition coefficient (Wildman–Crippen LogP) is 2.40. The van der Waals surface area contributed by atoms with E-state index in [4.69, 9.17) is 9.15 Å². The third kappa shape index (κ3) is 3.12. The highest BCUT2D eigenvalue weighted by Crippen LogP contribution is 2.25. The van der Waals surface area contributed by atoms with Gasteiger partial charge in [-0.3, -0.25) is 4.79 Å². The van der Waals surface area contributed by atoms with Gasteiger partial charge in [-0.2, -0.15) is 0 Å². The van der Waals surface area contributed by atoms with Crippen molar-refractivity contribution >= 4 is 11.6 Å². The number of piperidine rings is 1. The van der Waals surface area contributed by atoms with Crippen molar-refractivity contribution in [1.82, 2.24) is 10.3 Å². The lowest BCUT2D eigenvalue weighted by Gasteiger charge is -2.19. The summed E-state index contributed by atoms with van der Waals surface area (Å²) < 4.78 is 10.7. The van der Waals surface area contributed by atoms with Crippen molar-refractivity contribution in [2.45, 2.75) is 18.8 Å². The number of carbonyl (C=O) groups excluding carboxylic acids is 1. The summed E-state index contributed by atoms with van der Waals surface area (Å²) in [5.41, 5.74) is 0.894. The first kappa shape index (κ1) is 14.6. The van der Waals surface area contributed by atoms with Crippen LogP contribution in [-0.4, -0.2) is 31.1 Å². The van der Waals surface area contributed by atoms with Crippen LogP contribution in [0.1, 0.15) is 35.1 Å². The lowest BCUT2D eigenvalue weighted by atomic mass is 10.00. The molecular weight excluding hydrogens is 282 g/mol. The van der Waals surface area contributed by atoms with E-state index in [0.717, 1.165) is 25.9 Å². The van der Waals surface area contributed by atoms with E-state index in [1.165, 1.54) is 6.26 Å². The Kier molecular flexibility index (Phi) is 4.39. The second-order valence-electron chi connectivity index (χ2n) is 5.27. The number of nitrogens with zero attached hydrogens (tertiary/aromatic N) is 1. The molecule has 1 unspecified atom stereocenters. The number of methoxy groups -OCH3 is 1. The van der Waals surface area contributed by atoms with Crippen LogP contribution in [0.2, 0.25) is 0 Å². The molecule has 1 aliphatic heterocycles. The summed E-state index contributed by atoms with van der Waals surface area (Å²) in [7, 11) is 1.56. The summed E-state index contributed by atoms with van der Waals surface area (Å²) in [6, 6.07) is 7.25. The van der Waals surface area contributed by atoms with E-state index in [-0.39, 0.29) is 17.5 Å². The van der Waals surface area contributed by atoms with Crippen molar-refractivity contribution in [3.8, 4) is 5.75 Å².